The van der Waals surface area contributed by atoms with E-state index >= 15 is 0 Å². The lowest BCUT2D eigenvalue weighted by atomic mass is 9.86. The van der Waals surface area contributed by atoms with Gasteiger partial charge in [-0.25, -0.2) is 0 Å². The number of nitrogens with one attached hydrogen (secondary N) is 2. The van der Waals surface area contributed by atoms with Gasteiger partial charge in [0, 0.05) is 11.9 Å². The minimum Gasteiger partial charge on any atom is -0.486 e. The smallest absolute Gasteiger partial charge is 0.272 e. The second-order valence-corrected chi connectivity index (χ2v) is 7.57. The minimum atomic E-state index is -0.272. The van der Waals surface area contributed by atoms with E-state index in [9.17, 15) is 4.79 Å². The van der Waals surface area contributed by atoms with Gasteiger partial charge < -0.3 is 15.0 Å². The molecule has 0 unspecified atom stereocenters. The highest BCUT2D eigenvalue weighted by Crippen LogP contribution is 2.32. The first kappa shape index (κ1) is 18.0. The van der Waals surface area contributed by atoms with Gasteiger partial charge in [0.15, 0.2) is 0 Å². The maximum atomic E-state index is 12.4. The number of ether oxygens (including phenoxy) is 1. The van der Waals surface area contributed by atoms with E-state index in [0.29, 0.717) is 13.1 Å². The Kier molecular flexibility index (Phi) is 4.98. The lowest BCUT2D eigenvalue weighted by Gasteiger charge is -2.39. The number of rotatable bonds is 4. The van der Waals surface area contributed by atoms with E-state index in [0.717, 1.165) is 17.0 Å². The quantitative estimate of drug-likeness (QED) is 0.819. The van der Waals surface area contributed by atoms with Gasteiger partial charge in [0.25, 0.3) is 5.91 Å². The summed E-state index contributed by atoms with van der Waals surface area (Å²) in [5.74, 6) is 0.601. The van der Waals surface area contributed by atoms with Crippen molar-refractivity contribution in [3.8, 4) is 5.75 Å². The van der Waals surface area contributed by atoms with Gasteiger partial charge in [-0.15, -0.1) is 0 Å². The van der Waals surface area contributed by atoms with E-state index in [4.69, 9.17) is 10.1 Å². The van der Waals surface area contributed by atoms with Crippen LogP contribution < -0.4 is 10.1 Å². The zero-order valence-corrected chi connectivity index (χ0v) is 15.5. The molecule has 2 N–H and O–H groups in total. The molecule has 2 aliphatic heterocycles. The van der Waals surface area contributed by atoms with Crippen LogP contribution in [-0.2, 0) is 10.2 Å². The van der Waals surface area contributed by atoms with Crippen molar-refractivity contribution in [1.29, 1.82) is 5.41 Å². The molecule has 0 bridgehead atoms. The van der Waals surface area contributed by atoms with Gasteiger partial charge >= 0.3 is 0 Å². The first-order valence-corrected chi connectivity index (χ1v) is 8.80. The van der Waals surface area contributed by atoms with Crippen LogP contribution in [0, 0.1) is 5.41 Å². The molecule has 0 saturated carbocycles. The van der Waals surface area contributed by atoms with Crippen molar-refractivity contribution in [1.82, 2.24) is 10.2 Å². The molecule has 5 heteroatoms. The third kappa shape index (κ3) is 4.04. The molecule has 1 aromatic rings. The number of benzene rings is 1. The highest BCUT2D eigenvalue weighted by molar-refractivity contribution is 6.42. The Hall–Kier alpha value is -2.82. The molecule has 3 rings (SSSR count). The summed E-state index contributed by atoms with van der Waals surface area (Å²) in [5.41, 5.74) is 1.86. The fourth-order valence-corrected chi connectivity index (χ4v) is 2.93. The van der Waals surface area contributed by atoms with Crippen LogP contribution in [0.3, 0.4) is 0 Å². The van der Waals surface area contributed by atoms with Crippen LogP contribution in [0.5, 0.6) is 5.75 Å². The minimum absolute atomic E-state index is 0.000876. The largest absolute Gasteiger partial charge is 0.486 e. The Morgan fingerprint density at radius 3 is 2.65 bits per heavy atom. The van der Waals surface area contributed by atoms with Crippen LogP contribution in [0.1, 0.15) is 26.3 Å². The summed E-state index contributed by atoms with van der Waals surface area (Å²) < 4.78 is 6.11. The van der Waals surface area contributed by atoms with Crippen molar-refractivity contribution in [2.75, 3.05) is 13.1 Å². The van der Waals surface area contributed by atoms with Gasteiger partial charge in [-0.2, -0.15) is 0 Å². The van der Waals surface area contributed by atoms with E-state index in [1.807, 2.05) is 36.4 Å². The number of amides is 1. The van der Waals surface area contributed by atoms with Crippen LogP contribution in [-0.4, -0.2) is 35.7 Å². The van der Waals surface area contributed by atoms with Crippen molar-refractivity contribution in [2.45, 2.75) is 32.3 Å². The van der Waals surface area contributed by atoms with E-state index < -0.39 is 0 Å². The molecule has 1 fully saturated rings. The zero-order valence-electron chi connectivity index (χ0n) is 15.5. The first-order valence-electron chi connectivity index (χ1n) is 8.80. The van der Waals surface area contributed by atoms with Crippen molar-refractivity contribution in [3.05, 3.63) is 66.0 Å². The predicted octanol–water partition coefficient (Wildman–Crippen LogP) is 3.15. The van der Waals surface area contributed by atoms with Crippen molar-refractivity contribution in [2.24, 2.45) is 0 Å². The summed E-state index contributed by atoms with van der Waals surface area (Å²) in [6.45, 7) is 7.48. The fraction of sp³-hybridized carbons (Fsp3) is 0.333. The first-order chi connectivity index (χ1) is 12.3. The number of nitrogens with zero attached hydrogens (tertiary/aromatic N) is 1. The van der Waals surface area contributed by atoms with Gasteiger partial charge in [0.1, 0.15) is 17.6 Å². The maximum absolute atomic E-state index is 12.4. The van der Waals surface area contributed by atoms with Gasteiger partial charge in [-0.05, 0) is 35.3 Å². The molecule has 136 valence electrons. The van der Waals surface area contributed by atoms with Crippen molar-refractivity contribution < 1.29 is 9.53 Å². The van der Waals surface area contributed by atoms with E-state index in [-0.39, 0.29) is 23.1 Å². The molecular formula is C21H25N3O2. The Bertz CT molecular complexity index is 794. The zero-order chi connectivity index (χ0) is 18.7. The van der Waals surface area contributed by atoms with Crippen molar-refractivity contribution >= 4 is 11.6 Å². The summed E-state index contributed by atoms with van der Waals surface area (Å²) in [4.78, 5) is 14.0. The van der Waals surface area contributed by atoms with Gasteiger partial charge in [0.05, 0.1) is 13.1 Å². The van der Waals surface area contributed by atoms with Crippen LogP contribution in [0.2, 0.25) is 0 Å². The summed E-state index contributed by atoms with van der Waals surface area (Å²) in [5, 5.41) is 11.0. The molecule has 0 aromatic heterocycles. The second kappa shape index (κ2) is 7.20. The van der Waals surface area contributed by atoms with Crippen LogP contribution in [0.4, 0.5) is 0 Å². The average molecular weight is 351 g/mol. The lowest BCUT2D eigenvalue weighted by Crippen LogP contribution is -2.57. The molecule has 26 heavy (non-hydrogen) atoms. The van der Waals surface area contributed by atoms with Crippen LogP contribution in [0.25, 0.3) is 0 Å². The Labute approximate surface area is 154 Å². The molecule has 2 heterocycles. The molecule has 0 aliphatic carbocycles. The number of carbonyl (C=O) groups is 1. The number of dihydropyridines is 1. The molecule has 1 amide bonds. The number of hydrogen-bond acceptors (Lipinski definition) is 4. The molecule has 0 atom stereocenters. The number of carbonyl (C=O) groups excluding carboxylic acids is 1. The van der Waals surface area contributed by atoms with Crippen LogP contribution >= 0.6 is 0 Å². The highest BCUT2D eigenvalue weighted by atomic mass is 16.5. The third-order valence-electron chi connectivity index (χ3n) is 4.39. The molecule has 1 saturated heterocycles. The maximum Gasteiger partial charge on any atom is 0.272 e. The van der Waals surface area contributed by atoms with E-state index in [1.165, 1.54) is 0 Å². The SMILES string of the molecule is CC(C)(C)c1ccccc1OC1CN(C(=O)C(=N)/C=C2/C=CC=CN2)C1. The van der Waals surface area contributed by atoms with Gasteiger partial charge in [-0.1, -0.05) is 45.0 Å². The highest BCUT2D eigenvalue weighted by Gasteiger charge is 2.34. The van der Waals surface area contributed by atoms with Gasteiger partial charge in [0.2, 0.25) is 0 Å². The summed E-state index contributed by atoms with van der Waals surface area (Å²) in [6.07, 6.45) is 8.83. The van der Waals surface area contributed by atoms with Gasteiger partial charge in [-0.3, -0.25) is 10.2 Å². The van der Waals surface area contributed by atoms with E-state index in [1.54, 1.807) is 17.2 Å². The molecule has 1 aromatic carbocycles. The standard InChI is InChI=1S/C21H25N3O2/c1-21(2,3)17-9-4-5-10-19(17)26-16-13-24(14-16)20(25)18(22)12-15-8-6-7-11-23-15/h4-12,16,22-23H,13-14H2,1-3H3/b15-12-,22-18?. The normalized spacial score (nSPS) is 18.4. The topological polar surface area (TPSA) is 65.4 Å². The Morgan fingerprint density at radius 1 is 1.27 bits per heavy atom. The molecular weight excluding hydrogens is 326 g/mol. The van der Waals surface area contributed by atoms with Crippen LogP contribution in [0.15, 0.2) is 60.5 Å². The predicted molar refractivity (Wildman–Crippen MR) is 103 cm³/mol. The third-order valence-corrected chi connectivity index (χ3v) is 4.39. The number of allylic oxidation sites excluding steroid dienone is 3. The van der Waals surface area contributed by atoms with Crippen molar-refractivity contribution in [3.63, 3.8) is 0 Å². The summed E-state index contributed by atoms with van der Waals surface area (Å²) >= 11 is 0. The van der Waals surface area contributed by atoms with E-state index in [2.05, 4.69) is 32.2 Å². The fourth-order valence-electron chi connectivity index (χ4n) is 2.93. The molecule has 2 aliphatic rings. The Balaban J connectivity index is 1.56. The molecule has 0 spiro atoms. The molecule has 5 nitrogen and oxygen atoms in total. The summed E-state index contributed by atoms with van der Waals surface area (Å²) in [6, 6.07) is 8.04. The monoisotopic (exact) mass is 351 g/mol. The second-order valence-electron chi connectivity index (χ2n) is 7.57. The average Bonchev–Trinajstić information content (AvgIpc) is 2.57. The lowest BCUT2D eigenvalue weighted by molar-refractivity contribution is -0.132. The number of para-hydroxylation sites is 1. The molecule has 0 radical (unpaired) electrons. The number of likely N-dealkylation sites (tertiary alicyclic amines) is 1. The Morgan fingerprint density at radius 2 is 2.00 bits per heavy atom. The summed E-state index contributed by atoms with van der Waals surface area (Å²) in [7, 11) is 0. The number of hydrogen-bond donors (Lipinski definition) is 2.